The van der Waals surface area contributed by atoms with Crippen LogP contribution in [0.1, 0.15) is 6.42 Å². The molecule has 19 atom stereocenters. The van der Waals surface area contributed by atoms with Crippen LogP contribution in [0.25, 0.3) is 0 Å². The first kappa shape index (κ1) is 40.5. The van der Waals surface area contributed by atoms with E-state index < -0.39 is 140 Å². The summed E-state index contributed by atoms with van der Waals surface area (Å²) in [7, 11) is -4.67. The average Bonchev–Trinajstić information content (AvgIpc) is 3.30. The molecular weight excluding hydrogens is 666 g/mol. The van der Waals surface area contributed by atoms with Gasteiger partial charge in [-0.2, -0.15) is 8.42 Å². The lowest BCUT2D eigenvalue weighted by atomic mass is 9.84. The van der Waals surface area contributed by atoms with Gasteiger partial charge in [0.1, 0.15) is 67.1 Å². The molecule has 278 valence electrons. The maximum Gasteiger partial charge on any atom is 0.394 e. The highest BCUT2D eigenvalue weighted by Crippen LogP contribution is 2.34. The lowest BCUT2D eigenvalue weighted by Crippen LogP contribution is -2.68. The summed E-state index contributed by atoms with van der Waals surface area (Å²) in [6, 6.07) is -4.30. The normalized spacial score (nSPS) is 49.3. The third-order valence-corrected chi connectivity index (χ3v) is 8.32. The van der Waals surface area contributed by atoms with Crippen LogP contribution in [-0.2, 0) is 38.8 Å². The predicted octanol–water partition coefficient (Wildman–Crippen LogP) is -9.51. The summed E-state index contributed by atoms with van der Waals surface area (Å²) in [6.07, 6.45) is -20.5. The van der Waals surface area contributed by atoms with Gasteiger partial charge in [-0.3, -0.25) is 9.11 Å². The molecule has 4 fully saturated rings. The highest BCUT2D eigenvalue weighted by molar-refractivity contribution is 7.79. The standard InChI is InChI=1S/C23H45N5O14.H2O4S/c24-2-7-13(32)15(34)10(27)21(37-7)41-19-9(4-30)39-23(17(19)36)42-20-12(31)5(25)1-6(26)18(20)40-22-11(28)16(35)14(33)8(3-29)38-22;1-5(2,3)4/h5-23,29-36H,1-4,24-28H2;(H2,1,2,3,4)/t5?,6?,7?,8?,9-,10?,11?,12?,13?,14?,15?,16?,17+,18?,19+,20?,21?,22?,23-;/m1./s1. The number of aliphatic hydroxyl groups excluding tert-OH is 8. The molecule has 0 amide bonds. The molecule has 23 nitrogen and oxygen atoms in total. The molecule has 0 aromatic carbocycles. The zero-order chi connectivity index (χ0) is 35.5. The Kier molecular flexibility index (Phi) is 14.6. The molecule has 0 spiro atoms. The lowest BCUT2D eigenvalue weighted by molar-refractivity contribution is -0.310. The lowest BCUT2D eigenvalue weighted by Gasteiger charge is -2.47. The second kappa shape index (κ2) is 16.9. The quantitative estimate of drug-likeness (QED) is 0.0986. The van der Waals surface area contributed by atoms with Crippen LogP contribution >= 0.6 is 0 Å². The van der Waals surface area contributed by atoms with Gasteiger partial charge in [0.15, 0.2) is 18.9 Å². The van der Waals surface area contributed by atoms with Crippen molar-refractivity contribution in [3.63, 3.8) is 0 Å². The van der Waals surface area contributed by atoms with Crippen LogP contribution in [0, 0.1) is 0 Å². The number of hydrogen-bond acceptors (Lipinski definition) is 21. The Labute approximate surface area is 268 Å². The van der Waals surface area contributed by atoms with Gasteiger partial charge in [0.05, 0.1) is 31.4 Å². The fourth-order valence-electron chi connectivity index (χ4n) is 5.70. The number of hydrogen-bond donors (Lipinski definition) is 15. The summed E-state index contributed by atoms with van der Waals surface area (Å²) in [5, 5.41) is 82.3. The first-order chi connectivity index (χ1) is 21.8. The summed E-state index contributed by atoms with van der Waals surface area (Å²) in [6.45, 7) is -1.49. The van der Waals surface area contributed by atoms with Gasteiger partial charge in [0.2, 0.25) is 0 Å². The fourth-order valence-corrected chi connectivity index (χ4v) is 5.70. The van der Waals surface area contributed by atoms with Gasteiger partial charge in [0, 0.05) is 18.6 Å². The van der Waals surface area contributed by atoms with Crippen molar-refractivity contribution in [2.24, 2.45) is 28.7 Å². The maximum atomic E-state index is 11.1. The second-order valence-electron chi connectivity index (χ2n) is 11.6. The molecule has 0 radical (unpaired) electrons. The number of rotatable bonds is 9. The minimum atomic E-state index is -4.67. The zero-order valence-corrected chi connectivity index (χ0v) is 25.6. The maximum absolute atomic E-state index is 11.1. The van der Waals surface area contributed by atoms with E-state index in [0.29, 0.717) is 0 Å². The highest BCUT2D eigenvalue weighted by atomic mass is 32.3. The highest BCUT2D eigenvalue weighted by Gasteiger charge is 2.54. The Morgan fingerprint density at radius 2 is 1.00 bits per heavy atom. The second-order valence-corrected chi connectivity index (χ2v) is 12.5. The van der Waals surface area contributed by atoms with Crippen molar-refractivity contribution >= 4 is 10.4 Å². The molecule has 24 heteroatoms. The average molecular weight is 714 g/mol. The molecule has 3 heterocycles. The molecule has 0 aromatic heterocycles. The van der Waals surface area contributed by atoms with Crippen molar-refractivity contribution in [1.82, 2.24) is 0 Å². The van der Waals surface area contributed by atoms with Crippen molar-refractivity contribution in [3.05, 3.63) is 0 Å². The molecule has 1 aliphatic carbocycles. The van der Waals surface area contributed by atoms with Gasteiger partial charge in [-0.15, -0.1) is 0 Å². The van der Waals surface area contributed by atoms with E-state index >= 15 is 0 Å². The van der Waals surface area contributed by atoms with E-state index in [9.17, 15) is 40.9 Å². The smallest absolute Gasteiger partial charge is 0.394 e. The minimum Gasteiger partial charge on any atom is -0.394 e. The van der Waals surface area contributed by atoms with E-state index in [1.165, 1.54) is 0 Å². The van der Waals surface area contributed by atoms with Crippen molar-refractivity contribution in [2.75, 3.05) is 19.8 Å². The van der Waals surface area contributed by atoms with Crippen molar-refractivity contribution in [3.8, 4) is 0 Å². The van der Waals surface area contributed by atoms with Crippen molar-refractivity contribution < 1.29 is 86.8 Å². The first-order valence-electron chi connectivity index (χ1n) is 14.5. The van der Waals surface area contributed by atoms with E-state index in [2.05, 4.69) is 0 Å². The molecule has 0 bridgehead atoms. The van der Waals surface area contributed by atoms with Crippen LogP contribution in [0.2, 0.25) is 0 Å². The molecule has 47 heavy (non-hydrogen) atoms. The Morgan fingerprint density at radius 3 is 1.49 bits per heavy atom. The molecule has 15 unspecified atom stereocenters. The third kappa shape index (κ3) is 9.67. The molecule has 0 aromatic rings. The van der Waals surface area contributed by atoms with Gasteiger partial charge in [-0.1, -0.05) is 0 Å². The van der Waals surface area contributed by atoms with Gasteiger partial charge < -0.3 is 97.9 Å². The van der Waals surface area contributed by atoms with Crippen LogP contribution in [0.3, 0.4) is 0 Å². The summed E-state index contributed by atoms with van der Waals surface area (Å²) >= 11 is 0. The van der Waals surface area contributed by atoms with E-state index in [1.807, 2.05) is 0 Å². The molecule has 1 saturated carbocycles. The van der Waals surface area contributed by atoms with Crippen molar-refractivity contribution in [2.45, 2.75) is 123 Å². The zero-order valence-electron chi connectivity index (χ0n) is 24.8. The van der Waals surface area contributed by atoms with Crippen LogP contribution < -0.4 is 28.7 Å². The van der Waals surface area contributed by atoms with Crippen LogP contribution in [0.15, 0.2) is 0 Å². The summed E-state index contributed by atoms with van der Waals surface area (Å²) < 4.78 is 66.0. The van der Waals surface area contributed by atoms with Gasteiger partial charge in [-0.25, -0.2) is 0 Å². The number of ether oxygens (including phenoxy) is 6. The number of aliphatic hydroxyl groups is 8. The Bertz CT molecular complexity index is 1070. The van der Waals surface area contributed by atoms with Crippen LogP contribution in [0.5, 0.6) is 0 Å². The molecular formula is C23H47N5O18S. The largest absolute Gasteiger partial charge is 0.394 e. The van der Waals surface area contributed by atoms with Crippen LogP contribution in [0.4, 0.5) is 0 Å². The molecule has 20 N–H and O–H groups in total. The Hall–Kier alpha value is -0.890. The van der Waals surface area contributed by atoms with E-state index in [4.69, 9.17) is 74.6 Å². The molecule has 3 saturated heterocycles. The van der Waals surface area contributed by atoms with Gasteiger partial charge >= 0.3 is 10.4 Å². The predicted molar refractivity (Wildman–Crippen MR) is 151 cm³/mol. The molecule has 4 rings (SSSR count). The topological polar surface area (TPSA) is 422 Å². The van der Waals surface area contributed by atoms with E-state index in [1.54, 1.807) is 0 Å². The molecule has 4 aliphatic rings. The Balaban J connectivity index is 0.00000111. The summed E-state index contributed by atoms with van der Waals surface area (Å²) in [5.74, 6) is 0. The molecule has 3 aliphatic heterocycles. The SMILES string of the molecule is NCC1OC(O[C@@H]2[C@H](O)[C@@H](OC3C(O)C(N)CC(N)C3OC3OC(CO)C(O)C(O)C3N)O[C@@H]2CO)C(N)C(O)C1O.O=S(=O)(O)O. The summed E-state index contributed by atoms with van der Waals surface area (Å²) in [4.78, 5) is 0. The summed E-state index contributed by atoms with van der Waals surface area (Å²) in [5.41, 5.74) is 29.9. The fraction of sp³-hybridized carbons (Fsp3) is 1.00. The van der Waals surface area contributed by atoms with Gasteiger partial charge in [0.25, 0.3) is 0 Å². The Morgan fingerprint density at radius 1 is 0.574 bits per heavy atom. The van der Waals surface area contributed by atoms with Crippen LogP contribution in [-0.4, -0.2) is 194 Å². The number of nitrogens with two attached hydrogens (primary N) is 5. The van der Waals surface area contributed by atoms with Gasteiger partial charge in [-0.05, 0) is 6.42 Å². The van der Waals surface area contributed by atoms with E-state index in [-0.39, 0.29) is 13.0 Å². The third-order valence-electron chi connectivity index (χ3n) is 8.32. The van der Waals surface area contributed by atoms with E-state index in [0.717, 1.165) is 0 Å². The monoisotopic (exact) mass is 713 g/mol. The van der Waals surface area contributed by atoms with Crippen molar-refractivity contribution in [1.29, 1.82) is 0 Å². The first-order valence-corrected chi connectivity index (χ1v) is 15.9. The minimum absolute atomic E-state index is 0.0642.